The third-order valence-corrected chi connectivity index (χ3v) is 4.75. The summed E-state index contributed by atoms with van der Waals surface area (Å²) in [4.78, 5) is 17.6. The lowest BCUT2D eigenvalue weighted by Crippen LogP contribution is -2.23. The Morgan fingerprint density at radius 3 is 2.62 bits per heavy atom. The van der Waals surface area contributed by atoms with E-state index in [0.29, 0.717) is 33.3 Å². The van der Waals surface area contributed by atoms with E-state index in [2.05, 4.69) is 15.2 Å². The van der Waals surface area contributed by atoms with Gasteiger partial charge in [-0.25, -0.2) is 14.1 Å². The zero-order valence-corrected chi connectivity index (χ0v) is 14.2. The standard InChI is InChI=1S/C17H13FN6OS/c18-11-5-7-12(8-6-11)24-15(9-26-17-22-20-10-23(17)19)21-14-4-2-1-3-13(14)16(24)25/h1-8,10H,9,19H2. The molecule has 9 heteroatoms. The maximum atomic E-state index is 13.3. The van der Waals surface area contributed by atoms with Gasteiger partial charge in [0.05, 0.1) is 22.3 Å². The molecule has 7 nitrogen and oxygen atoms in total. The molecule has 0 bridgehead atoms. The number of nitrogen functional groups attached to an aromatic ring is 1. The predicted octanol–water partition coefficient (Wildman–Crippen LogP) is 2.12. The molecule has 0 amide bonds. The Balaban J connectivity index is 1.86. The van der Waals surface area contributed by atoms with E-state index in [4.69, 9.17) is 5.84 Å². The number of fused-ring (bicyclic) bond motifs is 1. The molecule has 2 aromatic heterocycles. The molecule has 0 spiro atoms. The van der Waals surface area contributed by atoms with E-state index in [-0.39, 0.29) is 11.4 Å². The Kier molecular flexibility index (Phi) is 4.13. The van der Waals surface area contributed by atoms with Crippen LogP contribution in [0.4, 0.5) is 4.39 Å². The number of hydrogen-bond donors (Lipinski definition) is 1. The van der Waals surface area contributed by atoms with Crippen molar-refractivity contribution in [3.63, 3.8) is 0 Å². The molecule has 0 radical (unpaired) electrons. The van der Waals surface area contributed by atoms with Gasteiger partial charge < -0.3 is 5.84 Å². The number of nitrogens with zero attached hydrogens (tertiary/aromatic N) is 5. The molecule has 0 saturated heterocycles. The van der Waals surface area contributed by atoms with Crippen LogP contribution in [0.25, 0.3) is 16.6 Å². The van der Waals surface area contributed by atoms with E-state index in [1.54, 1.807) is 30.3 Å². The van der Waals surface area contributed by atoms with Crippen molar-refractivity contribution < 1.29 is 4.39 Å². The first-order valence-corrected chi connectivity index (χ1v) is 8.66. The summed E-state index contributed by atoms with van der Waals surface area (Å²) in [6.07, 6.45) is 1.39. The summed E-state index contributed by atoms with van der Waals surface area (Å²) in [5.41, 5.74) is 0.923. The van der Waals surface area contributed by atoms with Gasteiger partial charge in [0.15, 0.2) is 0 Å². The van der Waals surface area contributed by atoms with Crippen LogP contribution in [-0.4, -0.2) is 24.4 Å². The Morgan fingerprint density at radius 1 is 1.12 bits per heavy atom. The molecule has 0 atom stereocenters. The third kappa shape index (κ3) is 2.92. The van der Waals surface area contributed by atoms with Crippen LogP contribution in [0.2, 0.25) is 0 Å². The highest BCUT2D eigenvalue weighted by Crippen LogP contribution is 2.21. The number of hydrogen-bond acceptors (Lipinski definition) is 6. The predicted molar refractivity (Wildman–Crippen MR) is 97.0 cm³/mol. The maximum absolute atomic E-state index is 13.3. The summed E-state index contributed by atoms with van der Waals surface area (Å²) in [5, 5.41) is 8.64. The molecule has 2 N–H and O–H groups in total. The van der Waals surface area contributed by atoms with Crippen LogP contribution < -0.4 is 11.4 Å². The van der Waals surface area contributed by atoms with Gasteiger partial charge in [-0.15, -0.1) is 10.2 Å². The molecule has 4 rings (SSSR count). The van der Waals surface area contributed by atoms with Gasteiger partial charge in [-0.3, -0.25) is 9.36 Å². The minimum atomic E-state index is -0.372. The molecule has 4 aromatic rings. The summed E-state index contributed by atoms with van der Waals surface area (Å²) in [5.74, 6) is 6.21. The first-order valence-electron chi connectivity index (χ1n) is 7.68. The highest BCUT2D eigenvalue weighted by Gasteiger charge is 2.14. The Morgan fingerprint density at radius 2 is 1.88 bits per heavy atom. The minimum Gasteiger partial charge on any atom is -0.336 e. The smallest absolute Gasteiger partial charge is 0.265 e. The van der Waals surface area contributed by atoms with Crippen molar-refractivity contribution in [3.8, 4) is 5.69 Å². The zero-order valence-electron chi connectivity index (χ0n) is 13.4. The van der Waals surface area contributed by atoms with Gasteiger partial charge in [-0.05, 0) is 36.4 Å². The van der Waals surface area contributed by atoms with Crippen LogP contribution in [0.15, 0.2) is 64.8 Å². The topological polar surface area (TPSA) is 91.6 Å². The van der Waals surface area contributed by atoms with Gasteiger partial charge in [-0.1, -0.05) is 23.9 Å². The number of nitrogens with two attached hydrogens (primary N) is 1. The van der Waals surface area contributed by atoms with Crippen molar-refractivity contribution in [2.24, 2.45) is 0 Å². The Labute approximate surface area is 151 Å². The van der Waals surface area contributed by atoms with Crippen LogP contribution in [0.1, 0.15) is 5.82 Å². The van der Waals surface area contributed by atoms with E-state index >= 15 is 0 Å². The number of benzene rings is 2. The van der Waals surface area contributed by atoms with E-state index < -0.39 is 0 Å². The van der Waals surface area contributed by atoms with Crippen LogP contribution >= 0.6 is 11.8 Å². The quantitative estimate of drug-likeness (QED) is 0.438. The average Bonchev–Trinajstić information content (AvgIpc) is 3.06. The maximum Gasteiger partial charge on any atom is 0.265 e. The van der Waals surface area contributed by atoms with Gasteiger partial charge in [-0.2, -0.15) is 0 Å². The van der Waals surface area contributed by atoms with E-state index in [9.17, 15) is 9.18 Å². The third-order valence-electron chi connectivity index (χ3n) is 3.80. The molecule has 2 heterocycles. The summed E-state index contributed by atoms with van der Waals surface area (Å²) < 4.78 is 16.1. The summed E-state index contributed by atoms with van der Waals surface area (Å²) in [7, 11) is 0. The SMILES string of the molecule is Nn1cnnc1SCc1nc2ccccc2c(=O)n1-c1ccc(F)cc1. The van der Waals surface area contributed by atoms with E-state index in [1.807, 2.05) is 6.07 Å². The second-order valence-corrected chi connectivity index (χ2v) is 6.41. The zero-order chi connectivity index (χ0) is 18.1. The summed E-state index contributed by atoms with van der Waals surface area (Å²) >= 11 is 1.30. The number of rotatable bonds is 4. The lowest BCUT2D eigenvalue weighted by molar-refractivity contribution is 0.627. The highest BCUT2D eigenvalue weighted by atomic mass is 32.2. The van der Waals surface area contributed by atoms with Crippen molar-refractivity contribution in [3.05, 3.63) is 76.9 Å². The molecule has 0 aliphatic heterocycles. The molecular weight excluding hydrogens is 355 g/mol. The first-order chi connectivity index (χ1) is 12.6. The first kappa shape index (κ1) is 16.3. The van der Waals surface area contributed by atoms with Crippen molar-refractivity contribution in [2.75, 3.05) is 5.84 Å². The van der Waals surface area contributed by atoms with Crippen LogP contribution in [0.3, 0.4) is 0 Å². The van der Waals surface area contributed by atoms with Crippen molar-refractivity contribution >= 4 is 22.7 Å². The van der Waals surface area contributed by atoms with Crippen LogP contribution in [0, 0.1) is 5.82 Å². The second-order valence-electron chi connectivity index (χ2n) is 5.47. The van der Waals surface area contributed by atoms with Crippen molar-refractivity contribution in [2.45, 2.75) is 10.9 Å². The number of halogens is 1. The van der Waals surface area contributed by atoms with Gasteiger partial charge in [0, 0.05) is 0 Å². The lowest BCUT2D eigenvalue weighted by Gasteiger charge is -2.13. The monoisotopic (exact) mass is 368 g/mol. The molecule has 0 aliphatic carbocycles. The fourth-order valence-electron chi connectivity index (χ4n) is 2.60. The lowest BCUT2D eigenvalue weighted by atomic mass is 10.2. The van der Waals surface area contributed by atoms with Gasteiger partial charge in [0.2, 0.25) is 5.16 Å². The number of thioether (sulfide) groups is 1. The van der Waals surface area contributed by atoms with Crippen molar-refractivity contribution in [1.82, 2.24) is 24.4 Å². The van der Waals surface area contributed by atoms with Crippen LogP contribution in [0.5, 0.6) is 0 Å². The van der Waals surface area contributed by atoms with Gasteiger partial charge >= 0.3 is 0 Å². The Hall–Kier alpha value is -3.20. The normalized spacial score (nSPS) is 11.1. The largest absolute Gasteiger partial charge is 0.336 e. The fourth-order valence-corrected chi connectivity index (χ4v) is 3.35. The van der Waals surface area contributed by atoms with Gasteiger partial charge in [0.1, 0.15) is 18.0 Å². The van der Waals surface area contributed by atoms with E-state index in [1.165, 1.54) is 39.5 Å². The summed E-state index contributed by atoms with van der Waals surface area (Å²) in [6.45, 7) is 0. The minimum absolute atomic E-state index is 0.216. The Bertz CT molecular complexity index is 1140. The molecule has 0 fully saturated rings. The van der Waals surface area contributed by atoms with Gasteiger partial charge in [0.25, 0.3) is 5.56 Å². The molecule has 2 aromatic carbocycles. The highest BCUT2D eigenvalue weighted by molar-refractivity contribution is 7.98. The average molecular weight is 368 g/mol. The molecule has 0 saturated carbocycles. The second kappa shape index (κ2) is 6.60. The molecule has 26 heavy (non-hydrogen) atoms. The fraction of sp³-hybridized carbons (Fsp3) is 0.0588. The molecular formula is C17H13FN6OS. The molecule has 130 valence electrons. The summed E-state index contributed by atoms with van der Waals surface area (Å²) in [6, 6.07) is 12.8. The van der Waals surface area contributed by atoms with Crippen molar-refractivity contribution in [1.29, 1.82) is 0 Å². The molecule has 0 aliphatic rings. The van der Waals surface area contributed by atoms with E-state index in [0.717, 1.165) is 0 Å². The molecule has 0 unspecified atom stereocenters. The number of para-hydroxylation sites is 1. The number of aromatic nitrogens is 5. The van der Waals surface area contributed by atoms with Crippen LogP contribution in [-0.2, 0) is 5.75 Å².